The third-order valence-electron chi connectivity index (χ3n) is 5.11. The highest BCUT2D eigenvalue weighted by Gasteiger charge is 2.21. The second-order valence-corrected chi connectivity index (χ2v) is 8.02. The van der Waals surface area contributed by atoms with E-state index in [0.717, 1.165) is 22.4 Å². The number of hydrogen-bond acceptors (Lipinski definition) is 5. The summed E-state index contributed by atoms with van der Waals surface area (Å²) in [5.41, 5.74) is 3.30. The normalized spacial score (nSPS) is 14.8. The summed E-state index contributed by atoms with van der Waals surface area (Å²) in [6.45, 7) is 1.40. The molecule has 32 heavy (non-hydrogen) atoms. The number of carbonyl (C=O) groups excluding carboxylic acids is 1. The molecular formula is C26H28N2O4. The number of benzene rings is 3. The molecule has 0 saturated carbocycles. The Morgan fingerprint density at radius 3 is 2.53 bits per heavy atom. The van der Waals surface area contributed by atoms with Crippen molar-refractivity contribution in [1.29, 1.82) is 0 Å². The minimum absolute atomic E-state index is 0.0602. The molecule has 0 saturated heterocycles. The van der Waals surface area contributed by atoms with Gasteiger partial charge in [-0.3, -0.25) is 4.79 Å². The van der Waals surface area contributed by atoms with Crippen molar-refractivity contribution in [2.45, 2.75) is 12.6 Å². The van der Waals surface area contributed by atoms with Crippen LogP contribution in [0.5, 0.6) is 17.2 Å². The summed E-state index contributed by atoms with van der Waals surface area (Å²) in [7, 11) is 4.02. The lowest BCUT2D eigenvalue weighted by atomic mass is 10.0. The van der Waals surface area contributed by atoms with E-state index in [9.17, 15) is 4.79 Å². The molecule has 1 aliphatic heterocycles. The molecule has 1 atom stereocenters. The number of hydrogen-bond donors (Lipinski definition) is 1. The first-order valence-electron chi connectivity index (χ1n) is 10.7. The molecular weight excluding hydrogens is 404 g/mol. The van der Waals surface area contributed by atoms with Crippen LogP contribution in [-0.4, -0.2) is 50.8 Å². The topological polar surface area (TPSA) is 60.0 Å². The maximum Gasteiger partial charge on any atom is 0.258 e. The number of nitrogens with one attached hydrogen (secondary N) is 1. The van der Waals surface area contributed by atoms with Crippen LogP contribution in [-0.2, 0) is 11.3 Å². The molecule has 166 valence electrons. The van der Waals surface area contributed by atoms with Crippen molar-refractivity contribution in [2.75, 3.05) is 33.9 Å². The van der Waals surface area contributed by atoms with E-state index in [-0.39, 0.29) is 18.6 Å². The van der Waals surface area contributed by atoms with Gasteiger partial charge in [-0.25, -0.2) is 0 Å². The molecule has 4 rings (SSSR count). The molecule has 0 aliphatic carbocycles. The van der Waals surface area contributed by atoms with Crippen molar-refractivity contribution in [1.82, 2.24) is 10.2 Å². The molecule has 1 unspecified atom stereocenters. The van der Waals surface area contributed by atoms with Crippen LogP contribution in [0.2, 0.25) is 0 Å². The quantitative estimate of drug-likeness (QED) is 0.588. The van der Waals surface area contributed by atoms with Gasteiger partial charge < -0.3 is 24.4 Å². The van der Waals surface area contributed by atoms with Crippen LogP contribution in [0.1, 0.15) is 5.56 Å². The minimum atomic E-state index is -0.233. The van der Waals surface area contributed by atoms with Gasteiger partial charge in [0.25, 0.3) is 5.91 Å². The second kappa shape index (κ2) is 10.2. The number of ether oxygens (including phenoxy) is 3. The van der Waals surface area contributed by atoms with Crippen molar-refractivity contribution in [3.8, 4) is 28.4 Å². The molecule has 1 aliphatic rings. The van der Waals surface area contributed by atoms with Crippen molar-refractivity contribution < 1.29 is 19.0 Å². The third-order valence-corrected chi connectivity index (χ3v) is 5.11. The average molecular weight is 433 g/mol. The Bertz CT molecular complexity index is 1050. The third kappa shape index (κ3) is 5.59. The lowest BCUT2D eigenvalue weighted by Crippen LogP contribution is -2.42. The number of rotatable bonds is 8. The van der Waals surface area contributed by atoms with Gasteiger partial charge in [-0.05, 0) is 49.5 Å². The minimum Gasteiger partial charge on any atom is -0.486 e. The molecule has 3 aromatic carbocycles. The predicted molar refractivity (Wildman–Crippen MR) is 124 cm³/mol. The Balaban J connectivity index is 1.34. The molecule has 0 bridgehead atoms. The number of fused-ring (bicyclic) bond motifs is 1. The Labute approximate surface area is 188 Å². The monoisotopic (exact) mass is 432 g/mol. The predicted octanol–water partition coefficient (Wildman–Crippen LogP) is 3.75. The number of carbonyl (C=O) groups is 1. The van der Waals surface area contributed by atoms with E-state index in [1.165, 1.54) is 0 Å². The zero-order valence-electron chi connectivity index (χ0n) is 18.4. The van der Waals surface area contributed by atoms with Crippen molar-refractivity contribution >= 4 is 5.91 Å². The molecule has 1 N–H and O–H groups in total. The van der Waals surface area contributed by atoms with Crippen LogP contribution in [0.15, 0.2) is 72.8 Å². The van der Waals surface area contributed by atoms with E-state index in [0.29, 0.717) is 31.2 Å². The maximum atomic E-state index is 12.4. The Morgan fingerprint density at radius 2 is 1.75 bits per heavy atom. The first kappa shape index (κ1) is 21.7. The van der Waals surface area contributed by atoms with Crippen LogP contribution in [0, 0.1) is 0 Å². The van der Waals surface area contributed by atoms with E-state index >= 15 is 0 Å². The number of amides is 1. The van der Waals surface area contributed by atoms with Crippen LogP contribution in [0.25, 0.3) is 11.1 Å². The lowest BCUT2D eigenvalue weighted by molar-refractivity contribution is -0.123. The van der Waals surface area contributed by atoms with Crippen LogP contribution < -0.4 is 19.5 Å². The van der Waals surface area contributed by atoms with Crippen molar-refractivity contribution in [3.05, 3.63) is 78.4 Å². The van der Waals surface area contributed by atoms with Gasteiger partial charge in [-0.15, -0.1) is 0 Å². The highest BCUT2D eigenvalue weighted by Crippen LogP contribution is 2.31. The van der Waals surface area contributed by atoms with Gasteiger partial charge in [0.15, 0.2) is 18.1 Å². The van der Waals surface area contributed by atoms with Crippen molar-refractivity contribution in [3.63, 3.8) is 0 Å². The summed E-state index contributed by atoms with van der Waals surface area (Å²) >= 11 is 0. The summed E-state index contributed by atoms with van der Waals surface area (Å²) in [5.74, 6) is 1.93. The second-order valence-electron chi connectivity index (χ2n) is 8.02. The fraction of sp³-hybridized carbons (Fsp3) is 0.269. The van der Waals surface area contributed by atoms with E-state index in [1.54, 1.807) is 0 Å². The zero-order chi connectivity index (χ0) is 22.3. The first-order chi connectivity index (χ1) is 15.6. The van der Waals surface area contributed by atoms with E-state index in [1.807, 2.05) is 68.7 Å². The lowest BCUT2D eigenvalue weighted by Gasteiger charge is -2.26. The molecule has 0 aromatic heterocycles. The van der Waals surface area contributed by atoms with Crippen LogP contribution in [0.3, 0.4) is 0 Å². The highest BCUT2D eigenvalue weighted by molar-refractivity contribution is 5.77. The van der Waals surface area contributed by atoms with Gasteiger partial charge >= 0.3 is 0 Å². The molecule has 0 radical (unpaired) electrons. The molecule has 1 heterocycles. The van der Waals surface area contributed by atoms with E-state index in [4.69, 9.17) is 14.2 Å². The summed E-state index contributed by atoms with van der Waals surface area (Å²) in [6.07, 6.45) is -0.233. The standard InChI is InChI=1S/C26H28N2O4/c1-28(2)16-21-14-20(19-8-4-3-5-9-19)12-13-23(21)31-18-26(29)27-15-22-17-30-24-10-6-7-11-25(24)32-22/h3-14,22H,15-18H2,1-2H3,(H,27,29). The molecule has 6 heteroatoms. The molecule has 6 nitrogen and oxygen atoms in total. The maximum absolute atomic E-state index is 12.4. The van der Waals surface area contributed by atoms with Crippen molar-refractivity contribution in [2.24, 2.45) is 0 Å². The summed E-state index contributed by atoms with van der Waals surface area (Å²) < 4.78 is 17.4. The van der Waals surface area contributed by atoms with Gasteiger partial charge in [0.05, 0.1) is 6.54 Å². The van der Waals surface area contributed by atoms with Gasteiger partial charge in [0.2, 0.25) is 0 Å². The van der Waals surface area contributed by atoms with Gasteiger partial charge in [0, 0.05) is 12.1 Å². The molecule has 3 aromatic rings. The van der Waals surface area contributed by atoms with Crippen LogP contribution in [0.4, 0.5) is 0 Å². The fourth-order valence-corrected chi connectivity index (χ4v) is 3.58. The summed E-state index contributed by atoms with van der Waals surface area (Å²) in [4.78, 5) is 14.5. The summed E-state index contributed by atoms with van der Waals surface area (Å²) in [6, 6.07) is 23.8. The van der Waals surface area contributed by atoms with Crippen LogP contribution >= 0.6 is 0 Å². The largest absolute Gasteiger partial charge is 0.486 e. The van der Waals surface area contributed by atoms with Gasteiger partial charge in [-0.2, -0.15) is 0 Å². The Morgan fingerprint density at radius 1 is 1.00 bits per heavy atom. The molecule has 0 fully saturated rings. The summed E-state index contributed by atoms with van der Waals surface area (Å²) in [5, 5.41) is 2.87. The SMILES string of the molecule is CN(C)Cc1cc(-c2ccccc2)ccc1OCC(=O)NCC1COc2ccccc2O1. The zero-order valence-corrected chi connectivity index (χ0v) is 18.4. The fourth-order valence-electron chi connectivity index (χ4n) is 3.58. The highest BCUT2D eigenvalue weighted by atomic mass is 16.6. The van der Waals surface area contributed by atoms with Gasteiger partial charge in [-0.1, -0.05) is 48.5 Å². The Hall–Kier alpha value is -3.51. The molecule has 0 spiro atoms. The average Bonchev–Trinajstić information content (AvgIpc) is 2.82. The first-order valence-corrected chi connectivity index (χ1v) is 10.7. The van der Waals surface area contributed by atoms with Gasteiger partial charge in [0.1, 0.15) is 18.5 Å². The Kier molecular flexibility index (Phi) is 6.92. The number of nitrogens with zero attached hydrogens (tertiary/aromatic N) is 1. The smallest absolute Gasteiger partial charge is 0.258 e. The van der Waals surface area contributed by atoms with E-state index in [2.05, 4.69) is 28.4 Å². The van der Waals surface area contributed by atoms with E-state index < -0.39 is 0 Å². The number of para-hydroxylation sites is 2. The molecule has 1 amide bonds.